The van der Waals surface area contributed by atoms with Gasteiger partial charge in [-0.05, 0) is 43.0 Å². The molecule has 0 radical (unpaired) electrons. The van der Waals surface area contributed by atoms with E-state index in [1.54, 1.807) is 12.3 Å². The van der Waals surface area contributed by atoms with Gasteiger partial charge in [0.1, 0.15) is 11.6 Å². The SMILES string of the molecule is O=C(CCc1c(F)cc(Cl)cc1Cl)[C@H]1CC[C@@H](O)c2ncccc21. The van der Waals surface area contributed by atoms with Crippen molar-refractivity contribution in [2.45, 2.75) is 37.7 Å². The van der Waals surface area contributed by atoms with E-state index in [4.69, 9.17) is 23.2 Å². The van der Waals surface area contributed by atoms with Crippen LogP contribution in [0, 0.1) is 5.82 Å². The second-order valence-electron chi connectivity index (χ2n) is 5.94. The van der Waals surface area contributed by atoms with Crippen molar-refractivity contribution >= 4 is 29.0 Å². The van der Waals surface area contributed by atoms with E-state index < -0.39 is 11.9 Å². The van der Waals surface area contributed by atoms with Gasteiger partial charge >= 0.3 is 0 Å². The van der Waals surface area contributed by atoms with Crippen LogP contribution in [0.1, 0.15) is 48.1 Å². The van der Waals surface area contributed by atoms with Gasteiger partial charge in [0.05, 0.1) is 11.8 Å². The molecule has 1 N–H and O–H groups in total. The first-order valence-electron chi connectivity index (χ1n) is 7.76. The maximum absolute atomic E-state index is 14.0. The summed E-state index contributed by atoms with van der Waals surface area (Å²) in [5.41, 5.74) is 1.64. The van der Waals surface area contributed by atoms with Crippen LogP contribution in [0.3, 0.4) is 0 Å². The largest absolute Gasteiger partial charge is 0.387 e. The van der Waals surface area contributed by atoms with Gasteiger partial charge in [0.2, 0.25) is 0 Å². The third-order valence-corrected chi connectivity index (χ3v) is 4.96. The molecule has 1 aliphatic rings. The number of benzene rings is 1. The lowest BCUT2D eigenvalue weighted by Crippen LogP contribution is -2.22. The molecule has 1 heterocycles. The number of ketones is 1. The molecule has 24 heavy (non-hydrogen) atoms. The second kappa shape index (κ2) is 7.18. The second-order valence-corrected chi connectivity index (χ2v) is 6.78. The van der Waals surface area contributed by atoms with E-state index in [-0.39, 0.29) is 34.6 Å². The van der Waals surface area contributed by atoms with Crippen molar-refractivity contribution in [3.05, 3.63) is 63.1 Å². The number of aromatic nitrogens is 1. The molecule has 0 saturated carbocycles. The van der Waals surface area contributed by atoms with Gasteiger partial charge in [0, 0.05) is 34.1 Å². The summed E-state index contributed by atoms with van der Waals surface area (Å²) in [6, 6.07) is 6.25. The summed E-state index contributed by atoms with van der Waals surface area (Å²) in [5.74, 6) is -0.811. The number of nitrogens with zero attached hydrogens (tertiary/aromatic N) is 1. The molecule has 6 heteroatoms. The minimum absolute atomic E-state index is 0.00145. The lowest BCUT2D eigenvalue weighted by molar-refractivity contribution is -0.121. The van der Waals surface area contributed by atoms with E-state index in [0.717, 1.165) is 5.56 Å². The lowest BCUT2D eigenvalue weighted by Gasteiger charge is -2.27. The lowest BCUT2D eigenvalue weighted by atomic mass is 9.80. The van der Waals surface area contributed by atoms with E-state index in [9.17, 15) is 14.3 Å². The Kier molecular flexibility index (Phi) is 5.18. The molecule has 1 aromatic carbocycles. The summed E-state index contributed by atoms with van der Waals surface area (Å²) < 4.78 is 14.0. The number of Topliss-reactive ketones (excluding diaryl/α,β-unsaturated/α-hetero) is 1. The topological polar surface area (TPSA) is 50.2 Å². The van der Waals surface area contributed by atoms with Crippen molar-refractivity contribution in [2.75, 3.05) is 0 Å². The summed E-state index contributed by atoms with van der Waals surface area (Å²) in [5, 5.41) is 10.5. The molecule has 0 saturated heterocycles. The molecular weight excluding hydrogens is 352 g/mol. The van der Waals surface area contributed by atoms with Crippen LogP contribution in [-0.2, 0) is 11.2 Å². The average Bonchev–Trinajstić information content (AvgIpc) is 2.54. The van der Waals surface area contributed by atoms with E-state index in [1.165, 1.54) is 12.1 Å². The standard InChI is InChI=1S/C18H16Cl2FNO2/c19-10-8-14(20)13(15(21)9-10)4-5-16(23)11-3-6-17(24)18-12(11)2-1-7-22-18/h1-2,7-9,11,17,24H,3-6H2/t11-,17+/m0/s1. The minimum Gasteiger partial charge on any atom is -0.387 e. The van der Waals surface area contributed by atoms with Crippen molar-refractivity contribution in [1.82, 2.24) is 4.98 Å². The van der Waals surface area contributed by atoms with Crippen LogP contribution in [0.25, 0.3) is 0 Å². The number of aliphatic hydroxyl groups excluding tert-OH is 1. The van der Waals surface area contributed by atoms with Crippen LogP contribution >= 0.6 is 23.2 Å². The maximum atomic E-state index is 14.0. The van der Waals surface area contributed by atoms with Gasteiger partial charge in [0.15, 0.2) is 0 Å². The third kappa shape index (κ3) is 3.46. The molecule has 0 spiro atoms. The van der Waals surface area contributed by atoms with E-state index >= 15 is 0 Å². The van der Waals surface area contributed by atoms with Crippen molar-refractivity contribution in [1.29, 1.82) is 0 Å². The van der Waals surface area contributed by atoms with Crippen LogP contribution in [0.4, 0.5) is 4.39 Å². The fourth-order valence-corrected chi connectivity index (χ4v) is 3.75. The van der Waals surface area contributed by atoms with Crippen molar-refractivity contribution in [3.8, 4) is 0 Å². The molecule has 0 amide bonds. The molecule has 0 fully saturated rings. The molecule has 0 bridgehead atoms. The van der Waals surface area contributed by atoms with Crippen LogP contribution in [0.5, 0.6) is 0 Å². The number of hydrogen-bond donors (Lipinski definition) is 1. The number of carbonyl (C=O) groups excluding carboxylic acids is 1. The normalized spacial score (nSPS) is 19.8. The Morgan fingerprint density at radius 3 is 2.88 bits per heavy atom. The van der Waals surface area contributed by atoms with E-state index in [2.05, 4.69) is 4.98 Å². The first kappa shape index (κ1) is 17.3. The Balaban J connectivity index is 1.76. The van der Waals surface area contributed by atoms with Gasteiger partial charge in [0.25, 0.3) is 0 Å². The highest BCUT2D eigenvalue weighted by Gasteiger charge is 2.31. The molecular formula is C18H16Cl2FNO2. The first-order valence-corrected chi connectivity index (χ1v) is 8.52. The zero-order valence-electron chi connectivity index (χ0n) is 12.8. The Hall–Kier alpha value is -1.49. The Bertz CT molecular complexity index is 758. The molecule has 0 aliphatic heterocycles. The Morgan fingerprint density at radius 2 is 2.12 bits per heavy atom. The van der Waals surface area contributed by atoms with Gasteiger partial charge in [-0.3, -0.25) is 9.78 Å². The smallest absolute Gasteiger partial charge is 0.140 e. The molecule has 2 aromatic rings. The van der Waals surface area contributed by atoms with Gasteiger partial charge in [-0.1, -0.05) is 29.3 Å². The Labute approximate surface area is 149 Å². The van der Waals surface area contributed by atoms with Gasteiger partial charge in [-0.2, -0.15) is 0 Å². The number of pyridine rings is 1. The number of aliphatic hydroxyl groups is 1. The monoisotopic (exact) mass is 367 g/mol. The molecule has 3 rings (SSSR count). The highest BCUT2D eigenvalue weighted by Crippen LogP contribution is 2.37. The third-order valence-electron chi connectivity index (χ3n) is 4.41. The number of carbonyl (C=O) groups is 1. The molecule has 1 aliphatic carbocycles. The summed E-state index contributed by atoms with van der Waals surface area (Å²) in [6.45, 7) is 0. The number of fused-ring (bicyclic) bond motifs is 1. The van der Waals surface area contributed by atoms with Gasteiger partial charge in [-0.15, -0.1) is 0 Å². The van der Waals surface area contributed by atoms with E-state index in [1.807, 2.05) is 6.07 Å². The number of hydrogen-bond acceptors (Lipinski definition) is 3. The predicted molar refractivity (Wildman–Crippen MR) is 90.9 cm³/mol. The zero-order valence-corrected chi connectivity index (χ0v) is 14.3. The van der Waals surface area contributed by atoms with Crippen LogP contribution in [-0.4, -0.2) is 15.9 Å². The quantitative estimate of drug-likeness (QED) is 0.855. The summed E-state index contributed by atoms with van der Waals surface area (Å²) in [4.78, 5) is 16.8. The minimum atomic E-state index is -0.631. The summed E-state index contributed by atoms with van der Waals surface area (Å²) in [6.07, 6.45) is 2.43. The first-order chi connectivity index (χ1) is 11.5. The highest BCUT2D eigenvalue weighted by atomic mass is 35.5. The molecule has 3 nitrogen and oxygen atoms in total. The maximum Gasteiger partial charge on any atom is 0.140 e. The van der Waals surface area contributed by atoms with Crippen molar-refractivity contribution < 1.29 is 14.3 Å². The number of rotatable bonds is 4. The Morgan fingerprint density at radius 1 is 1.33 bits per heavy atom. The van der Waals surface area contributed by atoms with Gasteiger partial charge < -0.3 is 5.11 Å². The van der Waals surface area contributed by atoms with E-state index in [0.29, 0.717) is 24.1 Å². The molecule has 1 aromatic heterocycles. The highest BCUT2D eigenvalue weighted by molar-refractivity contribution is 6.35. The van der Waals surface area contributed by atoms with Crippen molar-refractivity contribution in [2.24, 2.45) is 0 Å². The molecule has 126 valence electrons. The van der Waals surface area contributed by atoms with Crippen molar-refractivity contribution in [3.63, 3.8) is 0 Å². The molecule has 0 unspecified atom stereocenters. The predicted octanol–water partition coefficient (Wildman–Crippen LogP) is 4.64. The van der Waals surface area contributed by atoms with Crippen LogP contribution in [0.15, 0.2) is 30.5 Å². The number of halogens is 3. The summed E-state index contributed by atoms with van der Waals surface area (Å²) in [7, 11) is 0. The van der Waals surface area contributed by atoms with Crippen LogP contribution in [0.2, 0.25) is 10.0 Å². The van der Waals surface area contributed by atoms with Crippen LogP contribution < -0.4 is 0 Å². The average molecular weight is 368 g/mol. The fourth-order valence-electron chi connectivity index (χ4n) is 3.19. The fraction of sp³-hybridized carbons (Fsp3) is 0.333. The zero-order chi connectivity index (χ0) is 17.3. The molecule has 2 atom stereocenters. The summed E-state index contributed by atoms with van der Waals surface area (Å²) >= 11 is 11.8. The van der Waals surface area contributed by atoms with Gasteiger partial charge in [-0.25, -0.2) is 4.39 Å².